The van der Waals surface area contributed by atoms with Gasteiger partial charge in [-0.1, -0.05) is 0 Å². The van der Waals surface area contributed by atoms with Crippen molar-refractivity contribution >= 4 is 11.9 Å². The Morgan fingerprint density at radius 2 is 1.93 bits per heavy atom. The molecule has 0 radical (unpaired) electrons. The maximum absolute atomic E-state index is 11.3. The van der Waals surface area contributed by atoms with Crippen LogP contribution in [0.5, 0.6) is 0 Å². The predicted molar refractivity (Wildman–Crippen MR) is 55.5 cm³/mol. The molecule has 5 heteroatoms. The molecule has 0 rings (SSSR count). The summed E-state index contributed by atoms with van der Waals surface area (Å²) >= 11 is 0. The van der Waals surface area contributed by atoms with Gasteiger partial charge in [0.15, 0.2) is 0 Å². The molecule has 15 heavy (non-hydrogen) atoms. The van der Waals surface area contributed by atoms with Crippen molar-refractivity contribution in [2.24, 2.45) is 0 Å². The number of aliphatic hydroxyl groups excluding tert-OH is 1. The van der Waals surface area contributed by atoms with E-state index in [2.05, 4.69) is 5.32 Å². The molecule has 0 aromatic carbocycles. The molecule has 2 N–H and O–H groups in total. The number of hydrogen-bond donors (Lipinski definition) is 2. The SMILES string of the molecule is CC(=O)C[C@H](CO)NC(=O)OC(C)(C)C. The fourth-order valence-electron chi connectivity index (χ4n) is 0.982. The predicted octanol–water partition coefficient (Wildman–Crippen LogP) is 0.851. The van der Waals surface area contributed by atoms with E-state index in [0.29, 0.717) is 0 Å². The third kappa shape index (κ3) is 7.93. The van der Waals surface area contributed by atoms with Crippen LogP contribution in [0.1, 0.15) is 34.1 Å². The summed E-state index contributed by atoms with van der Waals surface area (Å²) in [7, 11) is 0. The first-order valence-corrected chi connectivity index (χ1v) is 4.84. The van der Waals surface area contributed by atoms with Gasteiger partial charge in [0.1, 0.15) is 11.4 Å². The van der Waals surface area contributed by atoms with E-state index in [0.717, 1.165) is 0 Å². The summed E-state index contributed by atoms with van der Waals surface area (Å²) < 4.78 is 4.98. The van der Waals surface area contributed by atoms with Gasteiger partial charge in [-0.25, -0.2) is 4.79 Å². The normalized spacial score (nSPS) is 13.1. The van der Waals surface area contributed by atoms with Gasteiger partial charge >= 0.3 is 6.09 Å². The second-order valence-corrected chi connectivity index (χ2v) is 4.43. The van der Waals surface area contributed by atoms with Crippen LogP contribution < -0.4 is 5.32 Å². The molecule has 0 aliphatic carbocycles. The highest BCUT2D eigenvalue weighted by atomic mass is 16.6. The lowest BCUT2D eigenvalue weighted by Crippen LogP contribution is -2.41. The summed E-state index contributed by atoms with van der Waals surface area (Å²) in [6.45, 7) is 6.35. The molecule has 88 valence electrons. The van der Waals surface area contributed by atoms with Crippen molar-refractivity contribution in [3.8, 4) is 0 Å². The Labute approximate surface area is 89.8 Å². The zero-order valence-corrected chi connectivity index (χ0v) is 9.66. The number of hydrogen-bond acceptors (Lipinski definition) is 4. The van der Waals surface area contributed by atoms with Crippen molar-refractivity contribution in [3.05, 3.63) is 0 Å². The van der Waals surface area contributed by atoms with E-state index in [4.69, 9.17) is 9.84 Å². The molecule has 0 heterocycles. The Balaban J connectivity index is 4.07. The smallest absolute Gasteiger partial charge is 0.407 e. The molecule has 0 spiro atoms. The Hall–Kier alpha value is -1.10. The van der Waals surface area contributed by atoms with E-state index in [1.54, 1.807) is 20.8 Å². The average molecular weight is 217 g/mol. The summed E-state index contributed by atoms with van der Waals surface area (Å²) in [5.74, 6) is -0.0925. The minimum atomic E-state index is -0.622. The molecule has 0 aromatic rings. The summed E-state index contributed by atoms with van der Waals surface area (Å²) in [4.78, 5) is 22.0. The van der Waals surface area contributed by atoms with Gasteiger partial charge in [0.25, 0.3) is 0 Å². The fourth-order valence-corrected chi connectivity index (χ4v) is 0.982. The van der Waals surface area contributed by atoms with E-state index < -0.39 is 17.7 Å². The van der Waals surface area contributed by atoms with Gasteiger partial charge < -0.3 is 15.2 Å². The maximum atomic E-state index is 11.3. The van der Waals surface area contributed by atoms with Crippen LogP contribution in [0, 0.1) is 0 Å². The van der Waals surface area contributed by atoms with Gasteiger partial charge in [-0.05, 0) is 27.7 Å². The van der Waals surface area contributed by atoms with Crippen molar-refractivity contribution in [2.75, 3.05) is 6.61 Å². The molecule has 5 nitrogen and oxygen atoms in total. The molecule has 0 bridgehead atoms. The number of ether oxygens (including phenoxy) is 1. The number of ketones is 1. The summed E-state index contributed by atoms with van der Waals surface area (Å²) in [6.07, 6.45) is -0.516. The first-order chi connectivity index (χ1) is 6.74. The number of nitrogens with one attached hydrogen (secondary N) is 1. The van der Waals surface area contributed by atoms with Gasteiger partial charge in [-0.3, -0.25) is 4.79 Å². The van der Waals surface area contributed by atoms with Crippen LogP contribution in [0.2, 0.25) is 0 Å². The Bertz CT molecular complexity index is 232. The third-order valence-electron chi connectivity index (χ3n) is 1.48. The molecule has 0 fully saturated rings. The zero-order valence-electron chi connectivity index (χ0n) is 9.66. The molecular formula is C10H19NO4. The van der Waals surface area contributed by atoms with E-state index in [1.165, 1.54) is 6.92 Å². The van der Waals surface area contributed by atoms with Gasteiger partial charge in [-0.15, -0.1) is 0 Å². The van der Waals surface area contributed by atoms with E-state index in [9.17, 15) is 9.59 Å². The van der Waals surface area contributed by atoms with Crippen molar-refractivity contribution < 1.29 is 19.4 Å². The number of aliphatic hydroxyl groups is 1. The van der Waals surface area contributed by atoms with Crippen molar-refractivity contribution in [1.29, 1.82) is 0 Å². The molecule has 1 atom stereocenters. The van der Waals surface area contributed by atoms with Gasteiger partial charge in [0.2, 0.25) is 0 Å². The minimum Gasteiger partial charge on any atom is -0.444 e. The molecule has 0 aliphatic heterocycles. The summed E-state index contributed by atoms with van der Waals surface area (Å²) in [5.41, 5.74) is -0.583. The molecule has 0 unspecified atom stereocenters. The molecule has 0 aromatic heterocycles. The molecule has 0 aliphatic rings. The first kappa shape index (κ1) is 13.9. The zero-order chi connectivity index (χ0) is 12.1. The molecule has 0 saturated carbocycles. The largest absolute Gasteiger partial charge is 0.444 e. The highest BCUT2D eigenvalue weighted by molar-refractivity contribution is 5.77. The van der Waals surface area contributed by atoms with Crippen LogP contribution in [0.15, 0.2) is 0 Å². The summed E-state index contributed by atoms with van der Waals surface area (Å²) in [5, 5.41) is 11.3. The van der Waals surface area contributed by atoms with Gasteiger partial charge in [0.05, 0.1) is 12.6 Å². The van der Waals surface area contributed by atoms with Crippen LogP contribution in [0.4, 0.5) is 4.79 Å². The van der Waals surface area contributed by atoms with E-state index in [1.807, 2.05) is 0 Å². The standard InChI is InChI=1S/C10H19NO4/c1-7(13)5-8(6-12)11-9(14)15-10(2,3)4/h8,12H,5-6H2,1-4H3,(H,11,14)/t8-/m1/s1. The van der Waals surface area contributed by atoms with Crippen molar-refractivity contribution in [1.82, 2.24) is 5.32 Å². The molecule has 1 amide bonds. The first-order valence-electron chi connectivity index (χ1n) is 4.84. The summed E-state index contributed by atoms with van der Waals surface area (Å²) in [6, 6.07) is -0.572. The second-order valence-electron chi connectivity index (χ2n) is 4.43. The lowest BCUT2D eigenvalue weighted by molar-refractivity contribution is -0.117. The Morgan fingerprint density at radius 1 is 1.40 bits per heavy atom. The van der Waals surface area contributed by atoms with Crippen LogP contribution in [-0.4, -0.2) is 35.2 Å². The highest BCUT2D eigenvalue weighted by Gasteiger charge is 2.19. The number of Topliss-reactive ketones (excluding diaryl/α,β-unsaturated/α-hetero) is 1. The number of rotatable bonds is 4. The lowest BCUT2D eigenvalue weighted by atomic mass is 10.1. The quantitative estimate of drug-likeness (QED) is 0.732. The number of carbonyl (C=O) groups excluding carboxylic acids is 2. The van der Waals surface area contributed by atoms with Crippen LogP contribution in [-0.2, 0) is 9.53 Å². The van der Waals surface area contributed by atoms with E-state index in [-0.39, 0.29) is 18.8 Å². The average Bonchev–Trinajstić information content (AvgIpc) is 1.98. The third-order valence-corrected chi connectivity index (χ3v) is 1.48. The van der Waals surface area contributed by atoms with Gasteiger partial charge in [0, 0.05) is 6.42 Å². The number of amides is 1. The van der Waals surface area contributed by atoms with Crippen LogP contribution >= 0.6 is 0 Å². The Kier molecular flexibility index (Phi) is 5.28. The minimum absolute atomic E-state index is 0.0925. The van der Waals surface area contributed by atoms with Crippen molar-refractivity contribution in [2.45, 2.75) is 45.8 Å². The van der Waals surface area contributed by atoms with Gasteiger partial charge in [-0.2, -0.15) is 0 Å². The van der Waals surface area contributed by atoms with Crippen molar-refractivity contribution in [3.63, 3.8) is 0 Å². The monoisotopic (exact) mass is 217 g/mol. The van der Waals surface area contributed by atoms with E-state index >= 15 is 0 Å². The maximum Gasteiger partial charge on any atom is 0.407 e. The molecular weight excluding hydrogens is 198 g/mol. The molecule has 0 saturated heterocycles. The number of carbonyl (C=O) groups is 2. The van der Waals surface area contributed by atoms with Crippen LogP contribution in [0.3, 0.4) is 0 Å². The topological polar surface area (TPSA) is 75.6 Å². The number of alkyl carbamates (subject to hydrolysis) is 1. The van der Waals surface area contributed by atoms with Crippen LogP contribution in [0.25, 0.3) is 0 Å². The lowest BCUT2D eigenvalue weighted by Gasteiger charge is -2.22. The second kappa shape index (κ2) is 5.70. The highest BCUT2D eigenvalue weighted by Crippen LogP contribution is 2.07. The Morgan fingerprint density at radius 3 is 2.27 bits per heavy atom. The fraction of sp³-hybridized carbons (Fsp3) is 0.800.